The van der Waals surface area contributed by atoms with Crippen LogP contribution in [0.15, 0.2) is 55.1 Å². The molecule has 0 aromatic heterocycles. The van der Waals surface area contributed by atoms with Crippen molar-refractivity contribution in [2.75, 3.05) is 12.3 Å². The summed E-state index contributed by atoms with van der Waals surface area (Å²) in [7, 11) is 0. The number of anilines is 1. The summed E-state index contributed by atoms with van der Waals surface area (Å²) < 4.78 is 6.00. The van der Waals surface area contributed by atoms with Crippen LogP contribution in [0.4, 0.5) is 5.69 Å². The summed E-state index contributed by atoms with van der Waals surface area (Å²) in [5.41, 5.74) is 10.6. The largest absolute Gasteiger partial charge is 0.493 e. The number of nitrogen functional groups attached to an aromatic ring is 1. The third kappa shape index (κ3) is 2.42. The van der Waals surface area contributed by atoms with Gasteiger partial charge in [-0.3, -0.25) is 0 Å². The molecule has 0 bridgehead atoms. The van der Waals surface area contributed by atoms with Crippen molar-refractivity contribution in [1.29, 1.82) is 0 Å². The Morgan fingerprint density at radius 2 is 2.10 bits per heavy atom. The quantitative estimate of drug-likeness (QED) is 0.660. The van der Waals surface area contributed by atoms with Gasteiger partial charge < -0.3 is 10.5 Å². The van der Waals surface area contributed by atoms with E-state index in [1.165, 1.54) is 11.1 Å². The molecule has 0 saturated carbocycles. The fourth-order valence-electron chi connectivity index (χ4n) is 2.76. The van der Waals surface area contributed by atoms with Crippen molar-refractivity contribution in [3.8, 4) is 5.75 Å². The zero-order chi connectivity index (χ0) is 13.9. The Bertz CT molecular complexity index is 633. The molecule has 0 heterocycles. The lowest BCUT2D eigenvalue weighted by molar-refractivity contribution is 0.273. The Kier molecular flexibility index (Phi) is 3.46. The molecule has 1 unspecified atom stereocenters. The minimum Gasteiger partial charge on any atom is -0.493 e. The second kappa shape index (κ2) is 5.41. The average molecular weight is 265 g/mol. The highest BCUT2D eigenvalue weighted by Gasteiger charge is 2.26. The van der Waals surface area contributed by atoms with Crippen molar-refractivity contribution in [2.45, 2.75) is 18.8 Å². The van der Waals surface area contributed by atoms with E-state index in [9.17, 15) is 0 Å². The lowest BCUT2D eigenvalue weighted by Crippen LogP contribution is -2.23. The van der Waals surface area contributed by atoms with Crippen LogP contribution in [0.25, 0.3) is 0 Å². The highest BCUT2D eigenvalue weighted by Crippen LogP contribution is 2.35. The summed E-state index contributed by atoms with van der Waals surface area (Å²) in [6, 6.07) is 14.4. The minimum absolute atomic E-state index is 0.514. The van der Waals surface area contributed by atoms with Gasteiger partial charge in [0.05, 0.1) is 6.61 Å². The maximum atomic E-state index is 6.00. The van der Waals surface area contributed by atoms with E-state index in [0.717, 1.165) is 36.4 Å². The summed E-state index contributed by atoms with van der Waals surface area (Å²) in [4.78, 5) is 0. The van der Waals surface area contributed by atoms with Crippen LogP contribution in [-0.4, -0.2) is 6.61 Å². The van der Waals surface area contributed by atoms with Crippen molar-refractivity contribution in [3.05, 3.63) is 71.8 Å². The number of allylic oxidation sites excluding steroid dienone is 1. The van der Waals surface area contributed by atoms with Crippen molar-refractivity contribution in [1.82, 2.24) is 0 Å². The molecule has 102 valence electrons. The van der Waals surface area contributed by atoms with Gasteiger partial charge in [-0.25, -0.2) is 0 Å². The monoisotopic (exact) mass is 265 g/mol. The van der Waals surface area contributed by atoms with Crippen LogP contribution < -0.4 is 10.5 Å². The maximum absolute atomic E-state index is 6.00. The van der Waals surface area contributed by atoms with Gasteiger partial charge >= 0.3 is 0 Å². The van der Waals surface area contributed by atoms with Gasteiger partial charge in [0, 0.05) is 11.6 Å². The summed E-state index contributed by atoms with van der Waals surface area (Å²) in [5.74, 6) is 1.43. The lowest BCUT2D eigenvalue weighted by atomic mass is 9.78. The van der Waals surface area contributed by atoms with Crippen LogP contribution >= 0.6 is 0 Å². The molecule has 0 saturated heterocycles. The van der Waals surface area contributed by atoms with Crippen molar-refractivity contribution in [3.63, 3.8) is 0 Å². The molecule has 1 aliphatic rings. The Morgan fingerprint density at radius 3 is 2.90 bits per heavy atom. The number of benzene rings is 2. The van der Waals surface area contributed by atoms with Gasteiger partial charge in [-0.15, -0.1) is 6.58 Å². The number of fused-ring (bicyclic) bond motifs is 1. The molecular weight excluding hydrogens is 246 g/mol. The fourth-order valence-corrected chi connectivity index (χ4v) is 2.76. The number of rotatable bonds is 5. The van der Waals surface area contributed by atoms with E-state index in [1.807, 2.05) is 24.3 Å². The third-order valence-corrected chi connectivity index (χ3v) is 3.85. The number of hydrogen-bond acceptors (Lipinski definition) is 2. The Labute approximate surface area is 119 Å². The molecule has 1 aliphatic carbocycles. The van der Waals surface area contributed by atoms with E-state index in [2.05, 4.69) is 30.8 Å². The molecule has 20 heavy (non-hydrogen) atoms. The molecule has 0 fully saturated rings. The molecule has 0 aliphatic heterocycles. The zero-order valence-corrected chi connectivity index (χ0v) is 11.5. The van der Waals surface area contributed by atoms with Gasteiger partial charge in [0.15, 0.2) is 0 Å². The Morgan fingerprint density at radius 1 is 1.25 bits per heavy atom. The van der Waals surface area contributed by atoms with E-state index in [-0.39, 0.29) is 0 Å². The second-order valence-corrected chi connectivity index (χ2v) is 5.27. The molecule has 1 atom stereocenters. The molecule has 0 radical (unpaired) electrons. The summed E-state index contributed by atoms with van der Waals surface area (Å²) in [5, 5.41) is 0. The van der Waals surface area contributed by atoms with Gasteiger partial charge in [0.1, 0.15) is 5.75 Å². The number of hydrogen-bond donors (Lipinski definition) is 1. The van der Waals surface area contributed by atoms with E-state index < -0.39 is 0 Å². The molecule has 0 spiro atoms. The second-order valence-electron chi connectivity index (χ2n) is 5.27. The first-order valence-corrected chi connectivity index (χ1v) is 6.98. The Balaban J connectivity index is 1.69. The molecule has 2 nitrogen and oxygen atoms in total. The Hall–Kier alpha value is -2.22. The molecule has 2 N–H and O–H groups in total. The standard InChI is InChI=1S/C18H19NO/c1-2-5-14-11-16(19)8-9-18(14)20-12-15-10-13-6-3-4-7-17(13)15/h2-4,6-9,11,15H,1,5,10,12,19H2. The molecule has 2 heteroatoms. The summed E-state index contributed by atoms with van der Waals surface area (Å²) >= 11 is 0. The predicted octanol–water partition coefficient (Wildman–Crippen LogP) is 3.72. The van der Waals surface area contributed by atoms with E-state index >= 15 is 0 Å². The normalized spacial score (nSPS) is 16.1. The molecule has 3 rings (SSSR count). The average Bonchev–Trinajstić information content (AvgIpc) is 2.42. The smallest absolute Gasteiger partial charge is 0.122 e. The molecular formula is C18H19NO. The van der Waals surface area contributed by atoms with Crippen LogP contribution in [-0.2, 0) is 12.8 Å². The first-order chi connectivity index (χ1) is 9.78. The third-order valence-electron chi connectivity index (χ3n) is 3.85. The number of ether oxygens (including phenoxy) is 1. The predicted molar refractivity (Wildman–Crippen MR) is 83.1 cm³/mol. The SMILES string of the molecule is C=CCc1cc(N)ccc1OCC1Cc2ccccc21. The van der Waals surface area contributed by atoms with E-state index in [1.54, 1.807) is 0 Å². The van der Waals surface area contributed by atoms with E-state index in [0.29, 0.717) is 5.92 Å². The van der Waals surface area contributed by atoms with Crippen LogP contribution in [0, 0.1) is 0 Å². The van der Waals surface area contributed by atoms with Crippen LogP contribution in [0.3, 0.4) is 0 Å². The van der Waals surface area contributed by atoms with Gasteiger partial charge in [-0.1, -0.05) is 30.3 Å². The van der Waals surface area contributed by atoms with Crippen LogP contribution in [0.2, 0.25) is 0 Å². The van der Waals surface area contributed by atoms with Gasteiger partial charge in [-0.05, 0) is 47.7 Å². The first-order valence-electron chi connectivity index (χ1n) is 6.98. The van der Waals surface area contributed by atoms with Crippen LogP contribution in [0.5, 0.6) is 5.75 Å². The highest BCUT2D eigenvalue weighted by atomic mass is 16.5. The summed E-state index contributed by atoms with van der Waals surface area (Å²) in [6.07, 6.45) is 3.77. The lowest BCUT2D eigenvalue weighted by Gasteiger charge is -2.30. The minimum atomic E-state index is 0.514. The highest BCUT2D eigenvalue weighted by molar-refractivity contribution is 5.48. The zero-order valence-electron chi connectivity index (χ0n) is 11.5. The topological polar surface area (TPSA) is 35.2 Å². The first kappa shape index (κ1) is 12.8. The summed E-state index contributed by atoms with van der Waals surface area (Å²) in [6.45, 7) is 4.51. The number of nitrogens with two attached hydrogens (primary N) is 1. The molecule has 2 aromatic rings. The van der Waals surface area contributed by atoms with Crippen molar-refractivity contribution >= 4 is 5.69 Å². The van der Waals surface area contributed by atoms with Gasteiger partial charge in [0.2, 0.25) is 0 Å². The molecule has 0 amide bonds. The maximum Gasteiger partial charge on any atom is 0.122 e. The fraction of sp³-hybridized carbons (Fsp3) is 0.222. The van der Waals surface area contributed by atoms with E-state index in [4.69, 9.17) is 10.5 Å². The van der Waals surface area contributed by atoms with Crippen LogP contribution in [0.1, 0.15) is 22.6 Å². The van der Waals surface area contributed by atoms with Gasteiger partial charge in [-0.2, -0.15) is 0 Å². The van der Waals surface area contributed by atoms with Gasteiger partial charge in [0.25, 0.3) is 0 Å². The van der Waals surface area contributed by atoms with Crippen molar-refractivity contribution in [2.24, 2.45) is 0 Å². The molecule has 2 aromatic carbocycles. The van der Waals surface area contributed by atoms with Crippen molar-refractivity contribution < 1.29 is 4.74 Å².